The van der Waals surface area contributed by atoms with Crippen molar-refractivity contribution in [2.24, 2.45) is 0 Å². The normalized spacial score (nSPS) is 8.91. The maximum atomic E-state index is 9.82. The molecule has 0 heterocycles. The van der Waals surface area contributed by atoms with E-state index in [0.717, 1.165) is 0 Å². The van der Waals surface area contributed by atoms with E-state index in [0.29, 0.717) is 6.61 Å². The Morgan fingerprint density at radius 2 is 0.200 bits per heavy atom. The number of ether oxygens (including phenoxy) is 1. The number of hydrogen-bond acceptors (Lipinski definition) is 2. The van der Waals surface area contributed by atoms with Crippen LogP contribution in [0.3, 0.4) is 0 Å². The van der Waals surface area contributed by atoms with Crippen molar-refractivity contribution >= 4 is 5.97 Å². The molecule has 0 unspecified atom stereocenters. The van der Waals surface area contributed by atoms with Crippen LogP contribution in [0.15, 0.2) is 0 Å². The van der Waals surface area contributed by atoms with Crippen LogP contribution in [0.1, 0.15) is 567 Å². The number of esters is 1. The molecule has 0 spiro atoms. The van der Waals surface area contributed by atoms with Gasteiger partial charge in [-0.1, -0.05) is 553 Å². The zero-order valence-corrected chi connectivity index (χ0v) is 71.6. The Hall–Kier alpha value is -0.530. The molecule has 0 aliphatic carbocycles. The molecule has 0 aromatic heterocycles. The quantitative estimate of drug-likeness (QED) is 0.0449. The number of hydrogen-bond donors (Lipinski definition) is 0. The first-order valence-electron chi connectivity index (χ1n) is 42.7. The summed E-state index contributed by atoms with van der Waals surface area (Å²) in [6, 6.07) is 0. The zero-order chi connectivity index (χ0) is 72.6. The molecule has 0 aliphatic heterocycles. The van der Waals surface area contributed by atoms with Crippen LogP contribution in [0.5, 0.6) is 0 Å². The first-order valence-corrected chi connectivity index (χ1v) is 42.7. The Bertz CT molecular complexity index is 509. The third-order valence-electron chi connectivity index (χ3n) is 13.7. The van der Waals surface area contributed by atoms with Crippen molar-refractivity contribution in [2.75, 3.05) is 6.61 Å². The van der Waals surface area contributed by atoms with E-state index in [2.05, 4.69) is 199 Å². The second kappa shape index (κ2) is 185. The second-order valence-electron chi connectivity index (χ2n) is 24.8. The van der Waals surface area contributed by atoms with Gasteiger partial charge >= 0.3 is 5.97 Å². The Labute approximate surface area is 586 Å². The predicted octanol–water partition coefficient (Wildman–Crippen LogP) is 36.8. The molecule has 0 rings (SSSR count). The van der Waals surface area contributed by atoms with Gasteiger partial charge in [0.25, 0.3) is 0 Å². The molecule has 0 aliphatic rings. The van der Waals surface area contributed by atoms with E-state index in [1.807, 2.05) is 0 Å². The first kappa shape index (κ1) is 126. The molecule has 0 radical (unpaired) electrons. The number of unbranched alkanes of at least 4 members (excludes halogenated alkanes) is 42. The lowest BCUT2D eigenvalue weighted by Crippen LogP contribution is -1.95. The van der Waals surface area contributed by atoms with Crippen molar-refractivity contribution < 1.29 is 9.53 Å². The van der Waals surface area contributed by atoms with E-state index in [1.165, 1.54) is 366 Å². The minimum absolute atomic E-state index is 0.211. The van der Waals surface area contributed by atoms with Crippen LogP contribution in [0.25, 0.3) is 0 Å². The van der Waals surface area contributed by atoms with Crippen LogP contribution in [-0.2, 0) is 9.53 Å². The average molecular weight is 1290 g/mol. The van der Waals surface area contributed by atoms with E-state index in [1.54, 1.807) is 6.92 Å². The van der Waals surface area contributed by atoms with Crippen molar-refractivity contribution in [3.63, 3.8) is 0 Å². The minimum Gasteiger partial charge on any atom is -0.466 e. The van der Waals surface area contributed by atoms with Gasteiger partial charge in [0, 0.05) is 6.92 Å². The number of rotatable bonds is 43. The molecule has 0 saturated heterocycles. The van der Waals surface area contributed by atoms with E-state index >= 15 is 0 Å². The van der Waals surface area contributed by atoms with E-state index in [-0.39, 0.29) is 5.97 Å². The summed E-state index contributed by atoms with van der Waals surface area (Å²) in [5.74, 6) is -0.211. The van der Waals surface area contributed by atoms with Crippen molar-refractivity contribution in [3.8, 4) is 0 Å². The van der Waals surface area contributed by atoms with E-state index < -0.39 is 0 Å². The van der Waals surface area contributed by atoms with Crippen LogP contribution < -0.4 is 0 Å². The molecule has 0 bridgehead atoms. The van der Waals surface area contributed by atoms with Crippen LogP contribution in [0.4, 0.5) is 0 Å². The lowest BCUT2D eigenvalue weighted by molar-refractivity contribution is -0.140. The van der Waals surface area contributed by atoms with Crippen LogP contribution in [0.2, 0.25) is 0 Å². The molecular weight excluding hydrogens is 1090 g/mol. The van der Waals surface area contributed by atoms with Gasteiger partial charge in [0.2, 0.25) is 0 Å². The molecule has 0 N–H and O–H groups in total. The minimum atomic E-state index is -0.211. The second-order valence-corrected chi connectivity index (χ2v) is 24.8. The summed E-state index contributed by atoms with van der Waals surface area (Å²) >= 11 is 0. The van der Waals surface area contributed by atoms with Gasteiger partial charge in [-0.25, -0.2) is 0 Å². The van der Waals surface area contributed by atoms with Crippen molar-refractivity contribution in [3.05, 3.63) is 0 Å². The highest BCUT2D eigenvalue weighted by Crippen LogP contribution is 2.02. The monoisotopic (exact) mass is 1290 g/mol. The standard InChI is InChI=1S/14C6H14.C4H8O2/c14*1-3-5-6-4-2;1-3-6-4(2)5/h14*3-6H2,1-2H3;3H2,1-2H3. The van der Waals surface area contributed by atoms with Crippen LogP contribution >= 0.6 is 0 Å². The Morgan fingerprint density at radius 3 is 0.211 bits per heavy atom. The molecule has 0 fully saturated rings. The van der Waals surface area contributed by atoms with Gasteiger partial charge in [-0.2, -0.15) is 0 Å². The Kier molecular flexibility index (Phi) is 260. The fourth-order valence-corrected chi connectivity index (χ4v) is 7.20. The molecule has 2 nitrogen and oxygen atoms in total. The fourth-order valence-electron chi connectivity index (χ4n) is 7.20. The Morgan fingerprint density at radius 1 is 0.144 bits per heavy atom. The Balaban J connectivity index is -0.0000000515. The van der Waals surface area contributed by atoms with Gasteiger partial charge in [-0.05, 0) is 6.92 Å². The highest BCUT2D eigenvalue weighted by atomic mass is 16.5. The molecule has 0 aromatic carbocycles. The molecule has 568 valence electrons. The summed E-state index contributed by atoms with van der Waals surface area (Å²) in [6.07, 6.45) is 77.5. The topological polar surface area (TPSA) is 26.3 Å². The average Bonchev–Trinajstić information content (AvgIpc) is 3.56. The first-order chi connectivity index (χ1) is 43.6. The molecular formula is C88H204O2. The van der Waals surface area contributed by atoms with E-state index in [9.17, 15) is 4.79 Å². The highest BCUT2D eigenvalue weighted by molar-refractivity contribution is 5.65. The van der Waals surface area contributed by atoms with Gasteiger partial charge in [0.1, 0.15) is 0 Å². The SMILES string of the molecule is CCCCCC.CCCCCC.CCCCCC.CCCCCC.CCCCCC.CCCCCC.CCCCCC.CCCCCC.CCCCCC.CCCCCC.CCCCCC.CCCCCC.CCCCCC.CCCCCC.CCOC(C)=O. The summed E-state index contributed by atoms with van der Waals surface area (Å²) in [5.41, 5.74) is 0. The predicted molar refractivity (Wildman–Crippen MR) is 440 cm³/mol. The molecule has 2 heteroatoms. The smallest absolute Gasteiger partial charge is 0.302 e. The number of carbonyl (C=O) groups excluding carboxylic acids is 1. The number of carbonyl (C=O) groups is 1. The van der Waals surface area contributed by atoms with Crippen molar-refractivity contribution in [1.82, 2.24) is 0 Å². The fraction of sp³-hybridized carbons (Fsp3) is 0.989. The summed E-state index contributed by atoms with van der Waals surface area (Å²) in [4.78, 5) is 9.82. The maximum Gasteiger partial charge on any atom is 0.302 e. The van der Waals surface area contributed by atoms with Gasteiger partial charge in [-0.15, -0.1) is 0 Å². The van der Waals surface area contributed by atoms with Gasteiger partial charge in [0.15, 0.2) is 0 Å². The van der Waals surface area contributed by atoms with Crippen LogP contribution in [-0.4, -0.2) is 12.6 Å². The largest absolute Gasteiger partial charge is 0.466 e. The molecule has 0 atom stereocenters. The summed E-state index contributed by atoms with van der Waals surface area (Å²) in [6.45, 7) is 66.1. The molecule has 90 heavy (non-hydrogen) atoms. The van der Waals surface area contributed by atoms with Crippen LogP contribution in [0, 0.1) is 0 Å². The van der Waals surface area contributed by atoms with Gasteiger partial charge < -0.3 is 4.74 Å². The van der Waals surface area contributed by atoms with Crippen molar-refractivity contribution in [2.45, 2.75) is 567 Å². The summed E-state index contributed by atoms with van der Waals surface area (Å²) < 4.78 is 4.40. The highest BCUT2D eigenvalue weighted by Gasteiger charge is 1.84. The lowest BCUT2D eigenvalue weighted by Gasteiger charge is -1.89. The summed E-state index contributed by atoms with van der Waals surface area (Å²) in [7, 11) is 0. The zero-order valence-electron chi connectivity index (χ0n) is 71.6. The third-order valence-corrected chi connectivity index (χ3v) is 13.7. The van der Waals surface area contributed by atoms with E-state index in [4.69, 9.17) is 0 Å². The molecule has 0 saturated carbocycles. The van der Waals surface area contributed by atoms with Gasteiger partial charge in [0.05, 0.1) is 6.61 Å². The summed E-state index contributed by atoms with van der Waals surface area (Å²) in [5, 5.41) is 0. The molecule has 0 aromatic rings. The van der Waals surface area contributed by atoms with Crippen molar-refractivity contribution in [1.29, 1.82) is 0 Å². The lowest BCUT2D eigenvalue weighted by atomic mass is 10.2. The maximum absolute atomic E-state index is 9.82. The molecule has 0 amide bonds. The third kappa shape index (κ3) is 331. The van der Waals surface area contributed by atoms with Gasteiger partial charge in [-0.3, -0.25) is 4.79 Å².